The van der Waals surface area contributed by atoms with E-state index in [2.05, 4.69) is 10.4 Å². The number of aliphatic hydroxyl groups excluding tert-OH is 1. The van der Waals surface area contributed by atoms with Crippen molar-refractivity contribution < 1.29 is 5.11 Å². The largest absolute Gasteiger partial charge is 0.396 e. The van der Waals surface area contributed by atoms with Gasteiger partial charge in [-0.3, -0.25) is 0 Å². The van der Waals surface area contributed by atoms with E-state index >= 15 is 0 Å². The highest BCUT2D eigenvalue weighted by Crippen LogP contribution is 2.31. The zero-order valence-electron chi connectivity index (χ0n) is 10.7. The van der Waals surface area contributed by atoms with Gasteiger partial charge in [-0.2, -0.15) is 11.8 Å². The van der Waals surface area contributed by atoms with Crippen molar-refractivity contribution in [3.63, 3.8) is 0 Å². The van der Waals surface area contributed by atoms with E-state index in [1.54, 1.807) is 23.1 Å². The van der Waals surface area contributed by atoms with Crippen LogP contribution in [-0.4, -0.2) is 22.5 Å². The van der Waals surface area contributed by atoms with Crippen molar-refractivity contribution in [1.82, 2.24) is 4.98 Å². The molecule has 2 aromatic rings. The van der Waals surface area contributed by atoms with Crippen molar-refractivity contribution in [3.8, 4) is 10.6 Å². The number of aliphatic hydroxyl groups is 1. The first-order chi connectivity index (χ1) is 9.20. The summed E-state index contributed by atoms with van der Waals surface area (Å²) < 4.78 is 0. The van der Waals surface area contributed by atoms with Gasteiger partial charge in [0.25, 0.3) is 0 Å². The molecule has 2 nitrogen and oxygen atoms in total. The van der Waals surface area contributed by atoms with Crippen LogP contribution in [0.3, 0.4) is 0 Å². The van der Waals surface area contributed by atoms with Crippen LogP contribution in [0.1, 0.15) is 12.6 Å². The van der Waals surface area contributed by atoms with Gasteiger partial charge in [0.2, 0.25) is 0 Å². The van der Waals surface area contributed by atoms with Crippen molar-refractivity contribution in [2.75, 3.05) is 12.4 Å². The topological polar surface area (TPSA) is 33.1 Å². The van der Waals surface area contributed by atoms with Gasteiger partial charge in [0, 0.05) is 23.3 Å². The molecule has 0 spiro atoms. The molecule has 0 aliphatic carbocycles. The molecular formula is C14H16ClNOS2. The summed E-state index contributed by atoms with van der Waals surface area (Å²) in [5, 5.41) is 12.8. The quantitative estimate of drug-likeness (QED) is 0.862. The molecule has 19 heavy (non-hydrogen) atoms. The van der Waals surface area contributed by atoms with Gasteiger partial charge < -0.3 is 5.11 Å². The minimum atomic E-state index is 0.245. The van der Waals surface area contributed by atoms with Crippen LogP contribution in [0.2, 0.25) is 5.02 Å². The van der Waals surface area contributed by atoms with E-state index in [1.165, 1.54) is 0 Å². The summed E-state index contributed by atoms with van der Waals surface area (Å²) in [4.78, 5) is 4.61. The van der Waals surface area contributed by atoms with Crippen LogP contribution >= 0.6 is 34.7 Å². The maximum atomic E-state index is 8.97. The summed E-state index contributed by atoms with van der Waals surface area (Å²) in [5.41, 5.74) is 2.07. The highest BCUT2D eigenvalue weighted by molar-refractivity contribution is 7.98. The second kappa shape index (κ2) is 7.29. The Morgan fingerprint density at radius 2 is 2.21 bits per heavy atom. The molecule has 102 valence electrons. The fourth-order valence-electron chi connectivity index (χ4n) is 1.55. The summed E-state index contributed by atoms with van der Waals surface area (Å²) in [5.74, 6) is 2.17. The van der Waals surface area contributed by atoms with Crippen LogP contribution in [0.5, 0.6) is 0 Å². The van der Waals surface area contributed by atoms with E-state index in [0.29, 0.717) is 5.92 Å². The van der Waals surface area contributed by atoms with Crippen LogP contribution in [0.25, 0.3) is 10.6 Å². The first-order valence-electron chi connectivity index (χ1n) is 6.08. The van der Waals surface area contributed by atoms with E-state index in [9.17, 15) is 0 Å². The normalized spacial score (nSPS) is 12.6. The molecule has 1 unspecified atom stereocenters. The molecule has 1 aromatic heterocycles. The predicted molar refractivity (Wildman–Crippen MR) is 85.0 cm³/mol. The number of thioether (sulfide) groups is 1. The monoisotopic (exact) mass is 313 g/mol. The second-order valence-corrected chi connectivity index (χ2v) is 6.72. The number of hydrogen-bond donors (Lipinski definition) is 1. The Morgan fingerprint density at radius 1 is 1.42 bits per heavy atom. The molecule has 0 bridgehead atoms. The molecule has 0 amide bonds. The van der Waals surface area contributed by atoms with Gasteiger partial charge in [-0.05, 0) is 17.7 Å². The van der Waals surface area contributed by atoms with Gasteiger partial charge in [-0.25, -0.2) is 4.98 Å². The van der Waals surface area contributed by atoms with Crippen molar-refractivity contribution in [2.45, 2.75) is 12.7 Å². The van der Waals surface area contributed by atoms with E-state index in [4.69, 9.17) is 16.7 Å². The number of nitrogens with zero attached hydrogens (tertiary/aromatic N) is 1. The highest BCUT2D eigenvalue weighted by atomic mass is 35.5. The Labute approximate surface area is 126 Å². The third kappa shape index (κ3) is 4.21. The maximum Gasteiger partial charge on any atom is 0.125 e. The number of benzene rings is 1. The minimum absolute atomic E-state index is 0.245. The van der Waals surface area contributed by atoms with Crippen molar-refractivity contribution in [3.05, 3.63) is 40.4 Å². The van der Waals surface area contributed by atoms with Crippen LogP contribution in [0, 0.1) is 5.92 Å². The summed E-state index contributed by atoms with van der Waals surface area (Å²) in [6, 6.07) is 7.77. The molecule has 1 aromatic carbocycles. The maximum absolute atomic E-state index is 8.97. The number of thiazole rings is 1. The smallest absolute Gasteiger partial charge is 0.125 e. The number of rotatable bonds is 6. The summed E-state index contributed by atoms with van der Waals surface area (Å²) in [7, 11) is 0. The van der Waals surface area contributed by atoms with E-state index in [-0.39, 0.29) is 6.61 Å². The third-order valence-electron chi connectivity index (χ3n) is 2.62. The fraction of sp³-hybridized carbons (Fsp3) is 0.357. The standard InChI is InChI=1S/C14H16ClNOS2/c1-10(6-17)7-18-8-11-9-19-14(16-11)12-4-2-3-5-13(12)15/h2-5,9-10,17H,6-8H2,1H3. The summed E-state index contributed by atoms with van der Waals surface area (Å²) in [6.07, 6.45) is 0. The third-order valence-corrected chi connectivity index (χ3v) is 5.18. The zero-order chi connectivity index (χ0) is 13.7. The van der Waals surface area contributed by atoms with Crippen LogP contribution in [-0.2, 0) is 5.75 Å². The highest BCUT2D eigenvalue weighted by Gasteiger charge is 2.08. The van der Waals surface area contributed by atoms with Gasteiger partial charge in [0.15, 0.2) is 0 Å². The lowest BCUT2D eigenvalue weighted by Crippen LogP contribution is -2.03. The minimum Gasteiger partial charge on any atom is -0.396 e. The van der Waals surface area contributed by atoms with Crippen molar-refractivity contribution in [2.24, 2.45) is 5.92 Å². The molecule has 1 heterocycles. The Morgan fingerprint density at radius 3 is 2.95 bits per heavy atom. The van der Waals surface area contributed by atoms with Crippen LogP contribution < -0.4 is 0 Å². The molecule has 2 rings (SSSR count). The summed E-state index contributed by atoms with van der Waals surface area (Å²) in [6.45, 7) is 2.29. The van der Waals surface area contributed by atoms with E-state index in [1.807, 2.05) is 31.2 Å². The molecule has 5 heteroatoms. The molecular weight excluding hydrogens is 298 g/mol. The van der Waals surface area contributed by atoms with Crippen molar-refractivity contribution in [1.29, 1.82) is 0 Å². The molecule has 0 fully saturated rings. The van der Waals surface area contributed by atoms with Gasteiger partial charge in [0.1, 0.15) is 5.01 Å². The van der Waals surface area contributed by atoms with E-state index in [0.717, 1.165) is 32.8 Å². The van der Waals surface area contributed by atoms with Crippen LogP contribution in [0.4, 0.5) is 0 Å². The molecule has 0 aliphatic rings. The molecule has 0 saturated heterocycles. The Kier molecular flexibility index (Phi) is 5.70. The molecule has 0 aliphatic heterocycles. The molecule has 1 N–H and O–H groups in total. The van der Waals surface area contributed by atoms with Crippen LogP contribution in [0.15, 0.2) is 29.6 Å². The van der Waals surface area contributed by atoms with Gasteiger partial charge in [-0.1, -0.05) is 36.7 Å². The SMILES string of the molecule is CC(CO)CSCc1csc(-c2ccccc2Cl)n1. The number of aromatic nitrogens is 1. The lowest BCUT2D eigenvalue weighted by Gasteiger charge is -2.05. The average molecular weight is 314 g/mol. The first-order valence-corrected chi connectivity index (χ1v) is 8.50. The van der Waals surface area contributed by atoms with E-state index < -0.39 is 0 Å². The predicted octanol–water partition coefficient (Wildman–Crippen LogP) is 4.33. The summed E-state index contributed by atoms with van der Waals surface area (Å²) >= 11 is 9.59. The number of halogens is 1. The first kappa shape index (κ1) is 14.9. The fourth-order valence-corrected chi connectivity index (χ4v) is 3.78. The molecule has 0 saturated carbocycles. The van der Waals surface area contributed by atoms with Gasteiger partial charge >= 0.3 is 0 Å². The zero-order valence-corrected chi connectivity index (χ0v) is 13.1. The molecule has 1 atom stereocenters. The Bertz CT molecular complexity index is 530. The number of hydrogen-bond acceptors (Lipinski definition) is 4. The Balaban J connectivity index is 1.98. The molecule has 0 radical (unpaired) electrons. The second-order valence-electron chi connectivity index (χ2n) is 4.43. The van der Waals surface area contributed by atoms with Gasteiger partial charge in [-0.15, -0.1) is 11.3 Å². The van der Waals surface area contributed by atoms with Crippen molar-refractivity contribution >= 4 is 34.7 Å². The average Bonchev–Trinajstić information content (AvgIpc) is 2.87. The Hall–Kier alpha value is -0.550. The lowest BCUT2D eigenvalue weighted by molar-refractivity contribution is 0.250. The lowest BCUT2D eigenvalue weighted by atomic mass is 10.2. The van der Waals surface area contributed by atoms with Gasteiger partial charge in [0.05, 0.1) is 10.7 Å².